The summed E-state index contributed by atoms with van der Waals surface area (Å²) in [7, 11) is 0. The lowest BCUT2D eigenvalue weighted by atomic mass is 10.1. The summed E-state index contributed by atoms with van der Waals surface area (Å²) in [6.45, 7) is 7.15. The van der Waals surface area contributed by atoms with E-state index >= 15 is 0 Å². The first-order chi connectivity index (χ1) is 14.7. The zero-order valence-corrected chi connectivity index (χ0v) is 17.5. The number of benzene rings is 1. The van der Waals surface area contributed by atoms with Crippen molar-refractivity contribution in [3.8, 4) is 5.75 Å². The van der Waals surface area contributed by atoms with Crippen LogP contribution in [0, 0.1) is 0 Å². The summed E-state index contributed by atoms with van der Waals surface area (Å²) in [5.74, 6) is 1.06. The van der Waals surface area contributed by atoms with Crippen LogP contribution in [0.25, 0.3) is 0 Å². The zero-order valence-electron chi connectivity index (χ0n) is 17.5. The molecule has 0 aliphatic carbocycles. The van der Waals surface area contributed by atoms with Crippen molar-refractivity contribution in [1.29, 1.82) is 0 Å². The third-order valence-corrected chi connectivity index (χ3v) is 5.86. The molecule has 1 unspecified atom stereocenters. The van der Waals surface area contributed by atoms with Crippen LogP contribution in [-0.2, 0) is 11.3 Å². The Hall–Kier alpha value is -2.80. The Balaban J connectivity index is 1.30. The van der Waals surface area contributed by atoms with Gasteiger partial charge in [-0.2, -0.15) is 0 Å². The lowest BCUT2D eigenvalue weighted by Crippen LogP contribution is -2.54. The second kappa shape index (κ2) is 9.34. The minimum Gasteiger partial charge on any atom is -0.494 e. The van der Waals surface area contributed by atoms with Gasteiger partial charge in [-0.3, -0.25) is 14.5 Å². The van der Waals surface area contributed by atoms with Crippen LogP contribution in [0.1, 0.15) is 35.9 Å². The maximum Gasteiger partial charge on any atom is 0.290 e. The van der Waals surface area contributed by atoms with Crippen LogP contribution >= 0.6 is 0 Å². The highest BCUT2D eigenvalue weighted by Gasteiger charge is 2.38. The van der Waals surface area contributed by atoms with E-state index in [2.05, 4.69) is 17.0 Å². The molecule has 0 radical (unpaired) electrons. The van der Waals surface area contributed by atoms with Gasteiger partial charge in [0.05, 0.1) is 12.9 Å². The van der Waals surface area contributed by atoms with Crippen molar-refractivity contribution < 1.29 is 18.7 Å². The number of nitrogens with zero attached hydrogens (tertiary/aromatic N) is 3. The van der Waals surface area contributed by atoms with Gasteiger partial charge < -0.3 is 19.0 Å². The molecule has 0 bridgehead atoms. The van der Waals surface area contributed by atoms with Crippen molar-refractivity contribution in [2.75, 3.05) is 39.3 Å². The van der Waals surface area contributed by atoms with E-state index in [0.717, 1.165) is 38.2 Å². The van der Waals surface area contributed by atoms with Crippen LogP contribution in [0.2, 0.25) is 0 Å². The molecule has 4 rings (SSSR count). The smallest absolute Gasteiger partial charge is 0.290 e. The van der Waals surface area contributed by atoms with Gasteiger partial charge in [-0.05, 0) is 49.6 Å². The van der Waals surface area contributed by atoms with Gasteiger partial charge in [0.25, 0.3) is 5.91 Å². The number of hydrogen-bond donors (Lipinski definition) is 0. The van der Waals surface area contributed by atoms with Crippen molar-refractivity contribution in [3.05, 3.63) is 54.0 Å². The molecule has 7 nitrogen and oxygen atoms in total. The molecule has 2 amide bonds. The molecule has 1 aromatic heterocycles. The van der Waals surface area contributed by atoms with Crippen LogP contribution < -0.4 is 4.74 Å². The highest BCUT2D eigenvalue weighted by atomic mass is 16.5. The van der Waals surface area contributed by atoms with E-state index in [9.17, 15) is 9.59 Å². The normalized spacial score (nSPS) is 19.8. The fraction of sp³-hybridized carbons (Fsp3) is 0.478. The van der Waals surface area contributed by atoms with Crippen molar-refractivity contribution in [1.82, 2.24) is 14.7 Å². The molecule has 2 aliphatic rings. The third-order valence-electron chi connectivity index (χ3n) is 5.86. The van der Waals surface area contributed by atoms with E-state index in [1.807, 2.05) is 24.0 Å². The van der Waals surface area contributed by atoms with E-state index in [1.54, 1.807) is 17.0 Å². The maximum atomic E-state index is 13.1. The summed E-state index contributed by atoms with van der Waals surface area (Å²) in [5.41, 5.74) is 1.24. The van der Waals surface area contributed by atoms with Crippen LogP contribution in [-0.4, -0.2) is 71.9 Å². The van der Waals surface area contributed by atoms with Crippen molar-refractivity contribution in [2.24, 2.45) is 0 Å². The molecular formula is C23H29N3O4. The Kier molecular flexibility index (Phi) is 6.38. The summed E-state index contributed by atoms with van der Waals surface area (Å²) in [6.07, 6.45) is 3.06. The van der Waals surface area contributed by atoms with E-state index < -0.39 is 0 Å². The van der Waals surface area contributed by atoms with Gasteiger partial charge in [0.15, 0.2) is 5.76 Å². The fourth-order valence-corrected chi connectivity index (χ4v) is 4.26. The third kappa shape index (κ3) is 4.51. The monoisotopic (exact) mass is 411 g/mol. The lowest BCUT2D eigenvalue weighted by Gasteiger charge is -2.37. The topological polar surface area (TPSA) is 66.2 Å². The number of ether oxygens (including phenoxy) is 1. The number of piperazine rings is 1. The Bertz CT molecular complexity index is 842. The highest BCUT2D eigenvalue weighted by molar-refractivity contribution is 5.96. The second-order valence-corrected chi connectivity index (χ2v) is 7.81. The Morgan fingerprint density at radius 3 is 2.50 bits per heavy atom. The van der Waals surface area contributed by atoms with Crippen molar-refractivity contribution in [2.45, 2.75) is 32.4 Å². The van der Waals surface area contributed by atoms with Gasteiger partial charge in [-0.25, -0.2) is 0 Å². The Labute approximate surface area is 177 Å². The number of likely N-dealkylation sites (tertiary alicyclic amines) is 1. The van der Waals surface area contributed by atoms with Gasteiger partial charge in [-0.1, -0.05) is 12.1 Å². The largest absolute Gasteiger partial charge is 0.494 e. The molecule has 2 saturated heterocycles. The Morgan fingerprint density at radius 2 is 1.83 bits per heavy atom. The molecule has 3 heterocycles. The van der Waals surface area contributed by atoms with Gasteiger partial charge in [0.1, 0.15) is 11.8 Å². The van der Waals surface area contributed by atoms with E-state index in [0.29, 0.717) is 32.0 Å². The van der Waals surface area contributed by atoms with Crippen LogP contribution in [0.5, 0.6) is 5.75 Å². The SMILES string of the molecule is CCOc1ccc(CN2CCN(C(=O)C3CCCN3C(=O)c3ccco3)CC2)cc1. The average molecular weight is 412 g/mol. The molecule has 160 valence electrons. The average Bonchev–Trinajstić information content (AvgIpc) is 3.47. The second-order valence-electron chi connectivity index (χ2n) is 7.81. The molecule has 0 N–H and O–H groups in total. The van der Waals surface area contributed by atoms with Crippen LogP contribution in [0.15, 0.2) is 47.1 Å². The zero-order chi connectivity index (χ0) is 20.9. The number of hydrogen-bond acceptors (Lipinski definition) is 5. The lowest BCUT2D eigenvalue weighted by molar-refractivity contribution is -0.137. The predicted octanol–water partition coefficient (Wildman–Crippen LogP) is 2.63. The number of rotatable bonds is 6. The fourth-order valence-electron chi connectivity index (χ4n) is 4.26. The quantitative estimate of drug-likeness (QED) is 0.731. The van der Waals surface area contributed by atoms with Gasteiger partial charge in [0, 0.05) is 39.3 Å². The summed E-state index contributed by atoms with van der Waals surface area (Å²) in [4.78, 5) is 31.7. The van der Waals surface area contributed by atoms with Crippen LogP contribution in [0.3, 0.4) is 0 Å². The molecule has 1 atom stereocenters. The molecule has 2 aromatic rings. The maximum absolute atomic E-state index is 13.1. The van der Waals surface area contributed by atoms with Gasteiger partial charge in [0.2, 0.25) is 5.91 Å². The summed E-state index contributed by atoms with van der Waals surface area (Å²) < 4.78 is 10.7. The first-order valence-corrected chi connectivity index (χ1v) is 10.7. The van der Waals surface area contributed by atoms with E-state index in [1.165, 1.54) is 11.8 Å². The van der Waals surface area contributed by atoms with Crippen molar-refractivity contribution in [3.63, 3.8) is 0 Å². The number of furan rings is 1. The summed E-state index contributed by atoms with van der Waals surface area (Å²) in [6, 6.07) is 11.2. The number of amides is 2. The molecule has 0 spiro atoms. The highest BCUT2D eigenvalue weighted by Crippen LogP contribution is 2.23. The molecule has 7 heteroatoms. The minimum atomic E-state index is -0.375. The Morgan fingerprint density at radius 1 is 1.07 bits per heavy atom. The standard InChI is InChI=1S/C23H29N3O4/c1-2-29-19-9-7-18(8-10-19)17-24-12-14-25(15-13-24)22(27)20-5-3-11-26(20)23(28)21-6-4-16-30-21/h4,6-10,16,20H,2-3,5,11-15,17H2,1H3. The van der Waals surface area contributed by atoms with Crippen LogP contribution in [0.4, 0.5) is 0 Å². The summed E-state index contributed by atoms with van der Waals surface area (Å²) >= 11 is 0. The summed E-state index contributed by atoms with van der Waals surface area (Å²) in [5, 5.41) is 0. The van der Waals surface area contributed by atoms with E-state index in [4.69, 9.17) is 9.15 Å². The minimum absolute atomic E-state index is 0.0631. The van der Waals surface area contributed by atoms with E-state index in [-0.39, 0.29) is 17.9 Å². The van der Waals surface area contributed by atoms with Gasteiger partial charge >= 0.3 is 0 Å². The molecule has 2 fully saturated rings. The molecule has 0 saturated carbocycles. The number of carbonyl (C=O) groups excluding carboxylic acids is 2. The van der Waals surface area contributed by atoms with Gasteiger partial charge in [-0.15, -0.1) is 0 Å². The first-order valence-electron chi connectivity index (χ1n) is 10.7. The molecule has 2 aliphatic heterocycles. The van der Waals surface area contributed by atoms with Crippen molar-refractivity contribution >= 4 is 11.8 Å². The predicted molar refractivity (Wildman–Crippen MR) is 112 cm³/mol. The first kappa shape index (κ1) is 20.5. The molecular weight excluding hydrogens is 382 g/mol. The number of carbonyl (C=O) groups is 2. The molecule has 30 heavy (non-hydrogen) atoms. The molecule has 1 aromatic carbocycles.